The van der Waals surface area contributed by atoms with Gasteiger partial charge in [0.05, 0.1) is 16.3 Å². The third kappa shape index (κ3) is 8.27. The monoisotopic (exact) mass is 843 g/mol. The Morgan fingerprint density at radius 3 is 2.34 bits per heavy atom. The zero-order valence-corrected chi connectivity index (χ0v) is 32.7. The molecule has 0 aromatic carbocycles. The van der Waals surface area contributed by atoms with Crippen LogP contribution in [0.25, 0.3) is 0 Å². The largest absolute Gasteiger partial charge is 0.472 e. The van der Waals surface area contributed by atoms with Crippen LogP contribution in [-0.4, -0.2) is 98.9 Å². The average molecular weight is 844 g/mol. The normalized spacial score (nSPS) is 29.9. The Kier molecular flexibility index (Phi) is 11.5. The van der Waals surface area contributed by atoms with Gasteiger partial charge in [-0.25, -0.2) is 18.2 Å². The van der Waals surface area contributed by atoms with E-state index in [0.717, 1.165) is 17.2 Å². The first-order valence-electron chi connectivity index (χ1n) is 18.0. The van der Waals surface area contributed by atoms with Gasteiger partial charge in [0.1, 0.15) is 34.8 Å². The molecule has 21 heteroatoms. The standard InChI is InChI=1S/C35H44ClF6N5O8S/c1-18-8-6-7-9-20-16-33(20,29(50)45-56(53,54)32(5)11-12-32)44-26(48)23-15-21(55-27-24(34(37,38)39)22(36)10-13-43-27)17-46(23)28(49)25(19(2)14-18)47(30(51)52)31(3,4)35(40,41)42/h7,9-10,13,18-21,23,25H,6,8,11-12,14-17H2,1-5H3,(H,44,48)(H,45,50)(H,51,52)/t18-,19-,20-,21-,23+,25+,33-/m1/s1. The number of nitrogens with one attached hydrogen (secondary N) is 2. The van der Waals surface area contributed by atoms with Crippen LogP contribution in [0.1, 0.15) is 85.1 Å². The number of pyridine rings is 1. The van der Waals surface area contributed by atoms with Gasteiger partial charge >= 0.3 is 18.4 Å². The molecule has 0 spiro atoms. The molecule has 4 amide bonds. The van der Waals surface area contributed by atoms with Crippen LogP contribution in [0.4, 0.5) is 31.1 Å². The van der Waals surface area contributed by atoms with Crippen LogP contribution < -0.4 is 14.8 Å². The number of hydrogen-bond acceptors (Lipinski definition) is 8. The molecule has 13 nitrogen and oxygen atoms in total. The van der Waals surface area contributed by atoms with E-state index in [0.29, 0.717) is 26.7 Å². The Balaban J connectivity index is 1.61. The van der Waals surface area contributed by atoms with Crippen molar-refractivity contribution in [2.45, 2.75) is 126 Å². The molecule has 0 unspecified atom stereocenters. The Bertz CT molecular complexity index is 1890. The number of aromatic nitrogens is 1. The van der Waals surface area contributed by atoms with Crippen LogP contribution in [0.15, 0.2) is 24.4 Å². The van der Waals surface area contributed by atoms with Crippen molar-refractivity contribution in [3.63, 3.8) is 0 Å². The fourth-order valence-electron chi connectivity index (χ4n) is 7.51. The molecule has 5 rings (SSSR count). The van der Waals surface area contributed by atoms with Crippen LogP contribution in [-0.2, 0) is 30.6 Å². The van der Waals surface area contributed by atoms with Gasteiger partial charge in [-0.1, -0.05) is 37.6 Å². The molecular weight excluding hydrogens is 800 g/mol. The van der Waals surface area contributed by atoms with E-state index in [4.69, 9.17) is 16.3 Å². The Hall–Kier alpha value is -3.81. The summed E-state index contributed by atoms with van der Waals surface area (Å²) < 4.78 is 119. The number of hydrogen-bond donors (Lipinski definition) is 3. The predicted octanol–water partition coefficient (Wildman–Crippen LogP) is 5.68. The number of alkyl halides is 6. The molecule has 312 valence electrons. The lowest BCUT2D eigenvalue weighted by atomic mass is 9.85. The summed E-state index contributed by atoms with van der Waals surface area (Å²) >= 11 is 5.84. The highest BCUT2D eigenvalue weighted by atomic mass is 35.5. The molecule has 1 aromatic heterocycles. The summed E-state index contributed by atoms with van der Waals surface area (Å²) in [5.74, 6) is -6.57. The summed E-state index contributed by atoms with van der Waals surface area (Å²) in [6.45, 7) is 5.04. The van der Waals surface area contributed by atoms with Crippen molar-refractivity contribution < 1.29 is 63.8 Å². The highest BCUT2D eigenvalue weighted by molar-refractivity contribution is 7.91. The van der Waals surface area contributed by atoms with Crippen molar-refractivity contribution in [3.05, 3.63) is 35.0 Å². The summed E-state index contributed by atoms with van der Waals surface area (Å²) in [6, 6.07) is -2.97. The first-order valence-corrected chi connectivity index (χ1v) is 19.9. The zero-order chi connectivity index (χ0) is 42.0. The minimum Gasteiger partial charge on any atom is -0.472 e. The summed E-state index contributed by atoms with van der Waals surface area (Å²) in [5, 5.41) is 12.1. The number of nitrogens with zero attached hydrogens (tertiary/aromatic N) is 3. The predicted molar refractivity (Wildman–Crippen MR) is 188 cm³/mol. The fraction of sp³-hybridized carbons (Fsp3) is 0.686. The number of carboxylic acid groups (broad SMARTS) is 1. The van der Waals surface area contributed by atoms with Gasteiger partial charge in [0.2, 0.25) is 27.7 Å². The quantitative estimate of drug-likeness (QED) is 0.231. The van der Waals surface area contributed by atoms with Gasteiger partial charge in [0.15, 0.2) is 0 Å². The summed E-state index contributed by atoms with van der Waals surface area (Å²) in [5.41, 5.74) is -6.49. The number of allylic oxidation sites excluding steroid dienone is 1. The third-order valence-electron chi connectivity index (χ3n) is 11.4. The SMILES string of the molecule is C[C@@H]1CCC=C[C@@H]2C[C@@]2(C(=O)NS(=O)(=O)C2(C)CC2)NC(=O)[C@@H]2C[C@@H](Oc3nccc(Cl)c3C(F)(F)F)CN2C(=O)[C@@H](N(C(=O)O)C(C)(C)C(F)(F)F)[C@H](C)C1. The van der Waals surface area contributed by atoms with Gasteiger partial charge in [-0.05, 0) is 77.2 Å². The molecule has 2 aliphatic heterocycles. The van der Waals surface area contributed by atoms with E-state index >= 15 is 0 Å². The summed E-state index contributed by atoms with van der Waals surface area (Å²) in [4.78, 5) is 60.1. The van der Waals surface area contributed by atoms with Crippen LogP contribution >= 0.6 is 11.6 Å². The number of carbonyl (C=O) groups is 4. The van der Waals surface area contributed by atoms with Crippen LogP contribution in [0.3, 0.4) is 0 Å². The van der Waals surface area contributed by atoms with E-state index < -0.39 is 121 Å². The van der Waals surface area contributed by atoms with Gasteiger partial charge in [0, 0.05) is 18.5 Å². The van der Waals surface area contributed by atoms with E-state index in [9.17, 15) is 59.0 Å². The van der Waals surface area contributed by atoms with E-state index in [1.807, 2.05) is 0 Å². The Labute approximate surface area is 324 Å². The second kappa shape index (κ2) is 14.8. The number of halogens is 7. The number of sulfonamides is 1. The van der Waals surface area contributed by atoms with Gasteiger partial charge in [-0.3, -0.25) is 24.0 Å². The third-order valence-corrected chi connectivity index (χ3v) is 13.9. The first kappa shape index (κ1) is 43.3. The van der Waals surface area contributed by atoms with Crippen molar-refractivity contribution in [1.82, 2.24) is 24.8 Å². The lowest BCUT2D eigenvalue weighted by Gasteiger charge is -2.45. The van der Waals surface area contributed by atoms with Crippen LogP contribution in [0.2, 0.25) is 5.02 Å². The fourth-order valence-corrected chi connectivity index (χ4v) is 9.06. The smallest absolute Gasteiger partial charge is 0.423 e. The summed E-state index contributed by atoms with van der Waals surface area (Å²) in [7, 11) is -4.21. The minimum absolute atomic E-state index is 0.0106. The average Bonchev–Trinajstić information content (AvgIpc) is 3.93. The number of amides is 4. The molecular formula is C35H44ClF6N5O8S. The molecule has 56 heavy (non-hydrogen) atoms. The maximum atomic E-state index is 14.8. The van der Waals surface area contributed by atoms with Gasteiger partial charge < -0.3 is 20.1 Å². The van der Waals surface area contributed by atoms with Gasteiger partial charge in [-0.15, -0.1) is 0 Å². The molecule has 1 saturated heterocycles. The van der Waals surface area contributed by atoms with Crippen molar-refractivity contribution in [2.24, 2.45) is 17.8 Å². The molecule has 4 aliphatic rings. The number of fused-ring (bicyclic) bond motifs is 2. The molecule has 0 radical (unpaired) electrons. The van der Waals surface area contributed by atoms with Crippen LogP contribution in [0, 0.1) is 17.8 Å². The Morgan fingerprint density at radius 2 is 1.77 bits per heavy atom. The van der Waals surface area contributed by atoms with E-state index in [-0.39, 0.29) is 36.5 Å². The molecule has 3 heterocycles. The first-order chi connectivity index (χ1) is 25.7. The lowest BCUT2D eigenvalue weighted by molar-refractivity contribution is -0.222. The topological polar surface area (TPSA) is 175 Å². The van der Waals surface area contributed by atoms with Crippen molar-refractivity contribution in [3.8, 4) is 5.88 Å². The van der Waals surface area contributed by atoms with Crippen molar-refractivity contribution in [1.29, 1.82) is 0 Å². The highest BCUT2D eigenvalue weighted by Crippen LogP contribution is 2.48. The van der Waals surface area contributed by atoms with Gasteiger partial charge in [-0.2, -0.15) is 26.3 Å². The maximum Gasteiger partial charge on any atom is 0.423 e. The molecule has 2 saturated carbocycles. The number of carbonyl (C=O) groups excluding carboxylic acids is 3. The van der Waals surface area contributed by atoms with Crippen molar-refractivity contribution >= 4 is 45.4 Å². The van der Waals surface area contributed by atoms with Crippen molar-refractivity contribution in [2.75, 3.05) is 6.54 Å². The van der Waals surface area contributed by atoms with E-state index in [1.165, 1.54) is 13.8 Å². The van der Waals surface area contributed by atoms with E-state index in [2.05, 4.69) is 15.0 Å². The lowest BCUT2D eigenvalue weighted by Crippen LogP contribution is -2.66. The minimum atomic E-state index is -5.20. The molecule has 7 atom stereocenters. The Morgan fingerprint density at radius 1 is 1.12 bits per heavy atom. The molecule has 3 N–H and O–H groups in total. The summed E-state index contributed by atoms with van der Waals surface area (Å²) in [6.07, 6.45) is -8.85. The zero-order valence-electron chi connectivity index (χ0n) is 31.1. The highest BCUT2D eigenvalue weighted by Gasteiger charge is 2.64. The van der Waals surface area contributed by atoms with Gasteiger partial charge in [0.25, 0.3) is 5.91 Å². The maximum absolute atomic E-state index is 14.8. The van der Waals surface area contributed by atoms with E-state index in [1.54, 1.807) is 19.1 Å². The molecule has 2 aliphatic carbocycles. The van der Waals surface area contributed by atoms with Crippen LogP contribution in [0.5, 0.6) is 5.88 Å². The second-order valence-corrected chi connectivity index (χ2v) is 18.7. The number of rotatable bonds is 7. The number of ether oxygens (including phenoxy) is 1. The molecule has 1 aromatic rings. The molecule has 0 bridgehead atoms. The molecule has 3 fully saturated rings. The second-order valence-electron chi connectivity index (χ2n) is 16.1.